The maximum absolute atomic E-state index is 10.1. The van der Waals surface area contributed by atoms with Crippen molar-refractivity contribution in [2.45, 2.75) is 37.8 Å². The van der Waals surface area contributed by atoms with Gasteiger partial charge in [-0.15, -0.1) is 0 Å². The molecule has 6 nitrogen and oxygen atoms in total. The first kappa shape index (κ1) is 11.5. The van der Waals surface area contributed by atoms with Gasteiger partial charge in [0.2, 0.25) is 0 Å². The highest BCUT2D eigenvalue weighted by atomic mass is 16.3. The van der Waals surface area contributed by atoms with E-state index in [9.17, 15) is 20.2 Å². The van der Waals surface area contributed by atoms with E-state index in [1.165, 1.54) is 0 Å². The Hall–Kier alpha value is -0.560. The highest BCUT2D eigenvalue weighted by Gasteiger charge is 2.35. The monoisotopic (exact) mass is 204 g/mol. The molecule has 4 N–H and O–H groups in total. The summed E-state index contributed by atoms with van der Waals surface area (Å²) in [6.45, 7) is 1.59. The number of rotatable bonds is 2. The standard InChI is InChI=1S/C8H16N2O4/c1-4-2-6(11)7(12)5(3-9-14)10-8(4)13/h4-8,10-13H,2-3H2,1H3. The molecule has 1 saturated heterocycles. The molecule has 0 saturated carbocycles. The molecule has 0 aromatic heterocycles. The minimum Gasteiger partial charge on any atom is -0.390 e. The number of nitrogens with zero attached hydrogens (tertiary/aromatic N) is 1. The second kappa shape index (κ2) is 4.79. The molecule has 1 heterocycles. The van der Waals surface area contributed by atoms with Gasteiger partial charge < -0.3 is 15.3 Å². The van der Waals surface area contributed by atoms with Gasteiger partial charge in [0, 0.05) is 0 Å². The van der Waals surface area contributed by atoms with Crippen molar-refractivity contribution >= 4 is 0 Å². The first-order valence-electron chi connectivity index (χ1n) is 4.65. The van der Waals surface area contributed by atoms with Crippen molar-refractivity contribution in [2.24, 2.45) is 11.1 Å². The number of aliphatic hydroxyl groups excluding tert-OH is 3. The van der Waals surface area contributed by atoms with E-state index in [1.807, 2.05) is 0 Å². The Bertz CT molecular complexity index is 202. The Morgan fingerprint density at radius 2 is 2.07 bits per heavy atom. The third-order valence-corrected chi connectivity index (χ3v) is 2.61. The molecule has 0 bridgehead atoms. The van der Waals surface area contributed by atoms with Gasteiger partial charge in [-0.05, 0) is 12.3 Å². The second-order valence-corrected chi connectivity index (χ2v) is 3.80. The van der Waals surface area contributed by atoms with E-state index in [-0.39, 0.29) is 12.5 Å². The number of hydrogen-bond donors (Lipinski definition) is 4. The van der Waals surface area contributed by atoms with Crippen LogP contribution in [0, 0.1) is 10.8 Å². The Morgan fingerprint density at radius 1 is 1.43 bits per heavy atom. The maximum atomic E-state index is 10.1. The quantitative estimate of drug-likeness (QED) is 0.423. The lowest BCUT2D eigenvalue weighted by atomic mass is 9.99. The van der Waals surface area contributed by atoms with Gasteiger partial charge in [-0.2, -0.15) is 4.91 Å². The fourth-order valence-electron chi connectivity index (χ4n) is 1.64. The van der Waals surface area contributed by atoms with Gasteiger partial charge in [0.15, 0.2) is 0 Å². The average molecular weight is 204 g/mol. The molecule has 0 radical (unpaired) electrons. The van der Waals surface area contributed by atoms with Crippen LogP contribution in [-0.2, 0) is 0 Å². The molecule has 1 rings (SSSR count). The molecule has 14 heavy (non-hydrogen) atoms. The lowest BCUT2D eigenvalue weighted by molar-refractivity contribution is -0.000648. The Balaban J connectivity index is 2.69. The fraction of sp³-hybridized carbons (Fsp3) is 1.00. The SMILES string of the molecule is CC1CC(O)C(O)C(CN=O)NC1O. The lowest BCUT2D eigenvalue weighted by Crippen LogP contribution is -2.49. The highest BCUT2D eigenvalue weighted by molar-refractivity contribution is 4.89. The molecule has 1 fully saturated rings. The summed E-state index contributed by atoms with van der Waals surface area (Å²) < 4.78 is 0. The fourth-order valence-corrected chi connectivity index (χ4v) is 1.64. The summed E-state index contributed by atoms with van der Waals surface area (Å²) in [7, 11) is 0. The largest absolute Gasteiger partial charge is 0.390 e. The van der Waals surface area contributed by atoms with Crippen LogP contribution in [0.2, 0.25) is 0 Å². The first-order valence-corrected chi connectivity index (χ1v) is 4.65. The van der Waals surface area contributed by atoms with Gasteiger partial charge in [-0.25, -0.2) is 0 Å². The molecule has 0 amide bonds. The normalized spacial score (nSPS) is 44.4. The van der Waals surface area contributed by atoms with E-state index in [0.29, 0.717) is 6.42 Å². The third-order valence-electron chi connectivity index (χ3n) is 2.61. The predicted octanol–water partition coefficient (Wildman–Crippen LogP) is -1.21. The zero-order valence-corrected chi connectivity index (χ0v) is 8.00. The molecular weight excluding hydrogens is 188 g/mol. The van der Waals surface area contributed by atoms with E-state index in [4.69, 9.17) is 0 Å². The summed E-state index contributed by atoms with van der Waals surface area (Å²) in [4.78, 5) is 10.1. The van der Waals surface area contributed by atoms with Crippen molar-refractivity contribution in [1.82, 2.24) is 5.32 Å². The Morgan fingerprint density at radius 3 is 2.64 bits per heavy atom. The maximum Gasteiger partial charge on any atom is 0.107 e. The van der Waals surface area contributed by atoms with Gasteiger partial charge in [-0.3, -0.25) is 5.32 Å². The molecule has 0 spiro atoms. The van der Waals surface area contributed by atoms with Crippen LogP contribution in [0.15, 0.2) is 5.18 Å². The zero-order valence-electron chi connectivity index (χ0n) is 8.00. The van der Waals surface area contributed by atoms with Gasteiger partial charge in [0.25, 0.3) is 0 Å². The number of aliphatic hydroxyl groups is 3. The predicted molar refractivity (Wildman–Crippen MR) is 49.4 cm³/mol. The van der Waals surface area contributed by atoms with Crippen LogP contribution >= 0.6 is 0 Å². The van der Waals surface area contributed by atoms with Crippen LogP contribution in [0.4, 0.5) is 0 Å². The van der Waals surface area contributed by atoms with Crippen LogP contribution in [-0.4, -0.2) is 46.3 Å². The highest BCUT2D eigenvalue weighted by Crippen LogP contribution is 2.19. The Kier molecular flexibility index (Phi) is 3.94. The topological polar surface area (TPSA) is 102 Å². The molecule has 0 aromatic carbocycles. The van der Waals surface area contributed by atoms with E-state index < -0.39 is 24.5 Å². The van der Waals surface area contributed by atoms with Gasteiger partial charge in [-0.1, -0.05) is 12.1 Å². The van der Waals surface area contributed by atoms with Crippen molar-refractivity contribution in [3.05, 3.63) is 4.91 Å². The third kappa shape index (κ3) is 2.48. The average Bonchev–Trinajstić information content (AvgIpc) is 2.21. The van der Waals surface area contributed by atoms with E-state index in [0.717, 1.165) is 0 Å². The molecule has 5 unspecified atom stereocenters. The van der Waals surface area contributed by atoms with Gasteiger partial charge in [0.1, 0.15) is 6.23 Å². The molecule has 0 aliphatic carbocycles. The van der Waals surface area contributed by atoms with E-state index >= 15 is 0 Å². The van der Waals surface area contributed by atoms with Crippen molar-refractivity contribution in [1.29, 1.82) is 0 Å². The molecular formula is C8H16N2O4. The molecule has 1 aliphatic rings. The summed E-state index contributed by atoms with van der Waals surface area (Å²) in [6.07, 6.45) is -2.52. The Labute approximate surface area is 81.9 Å². The minimum absolute atomic E-state index is 0.165. The lowest BCUT2D eigenvalue weighted by Gasteiger charge is -2.22. The number of nitroso groups, excluding NO2 is 1. The molecule has 6 heteroatoms. The molecule has 1 aliphatic heterocycles. The smallest absolute Gasteiger partial charge is 0.107 e. The van der Waals surface area contributed by atoms with Crippen LogP contribution in [0.3, 0.4) is 0 Å². The van der Waals surface area contributed by atoms with Crippen LogP contribution in [0.5, 0.6) is 0 Å². The summed E-state index contributed by atoms with van der Waals surface area (Å²) in [5, 5.41) is 33.9. The van der Waals surface area contributed by atoms with E-state index in [1.54, 1.807) is 6.92 Å². The van der Waals surface area contributed by atoms with Crippen molar-refractivity contribution < 1.29 is 15.3 Å². The first-order chi connectivity index (χ1) is 6.56. The number of hydrogen-bond acceptors (Lipinski definition) is 6. The summed E-state index contributed by atoms with van der Waals surface area (Å²) >= 11 is 0. The minimum atomic E-state index is -1.06. The van der Waals surface area contributed by atoms with Crippen molar-refractivity contribution in [3.63, 3.8) is 0 Å². The van der Waals surface area contributed by atoms with Crippen LogP contribution in [0.25, 0.3) is 0 Å². The van der Waals surface area contributed by atoms with Crippen molar-refractivity contribution in [2.75, 3.05) is 6.54 Å². The van der Waals surface area contributed by atoms with Crippen LogP contribution < -0.4 is 5.32 Å². The molecule has 5 atom stereocenters. The van der Waals surface area contributed by atoms with E-state index in [2.05, 4.69) is 10.5 Å². The zero-order chi connectivity index (χ0) is 10.7. The van der Waals surface area contributed by atoms with Crippen LogP contribution in [0.1, 0.15) is 13.3 Å². The summed E-state index contributed by atoms with van der Waals surface area (Å²) in [5.74, 6) is -0.170. The van der Waals surface area contributed by atoms with Crippen molar-refractivity contribution in [3.8, 4) is 0 Å². The number of nitrogens with one attached hydrogen (secondary N) is 1. The summed E-state index contributed by atoms with van der Waals surface area (Å²) in [5.41, 5.74) is 0. The van der Waals surface area contributed by atoms with Gasteiger partial charge >= 0.3 is 0 Å². The molecule has 0 aromatic rings. The second-order valence-electron chi connectivity index (χ2n) is 3.80. The summed E-state index contributed by atoms with van der Waals surface area (Å²) in [6, 6.07) is -0.678. The molecule has 82 valence electrons. The van der Waals surface area contributed by atoms with Gasteiger partial charge in [0.05, 0.1) is 24.8 Å².